The standard InChI is InChI=1S/C20H13NO4/c22-17(15-9-8-13-4-1-2-5-14(13)10-15)11-24-20(23)16-6-3-7-18-19(16)21-12-25-18/h1-10,12H,11H2. The minimum absolute atomic E-state index is 0.258. The Labute approximate surface area is 142 Å². The number of rotatable bonds is 4. The van der Waals surface area contributed by atoms with Gasteiger partial charge in [0.2, 0.25) is 0 Å². The summed E-state index contributed by atoms with van der Waals surface area (Å²) in [5.74, 6) is -0.861. The van der Waals surface area contributed by atoms with Gasteiger partial charge >= 0.3 is 5.97 Å². The molecular weight excluding hydrogens is 318 g/mol. The Balaban J connectivity index is 1.51. The molecule has 0 radical (unpaired) electrons. The van der Waals surface area contributed by atoms with E-state index in [2.05, 4.69) is 4.98 Å². The van der Waals surface area contributed by atoms with Gasteiger partial charge in [-0.2, -0.15) is 0 Å². The molecule has 4 aromatic rings. The minimum atomic E-state index is -0.603. The molecule has 0 saturated heterocycles. The predicted molar refractivity (Wildman–Crippen MR) is 92.6 cm³/mol. The molecule has 0 atom stereocenters. The highest BCUT2D eigenvalue weighted by molar-refractivity contribution is 6.04. The van der Waals surface area contributed by atoms with Crippen molar-refractivity contribution in [1.29, 1.82) is 0 Å². The van der Waals surface area contributed by atoms with Crippen LogP contribution in [0, 0.1) is 0 Å². The van der Waals surface area contributed by atoms with E-state index in [0.29, 0.717) is 16.7 Å². The monoisotopic (exact) mass is 331 g/mol. The summed E-state index contributed by atoms with van der Waals surface area (Å²) < 4.78 is 10.3. The number of Topliss-reactive ketones (excluding diaryl/α,β-unsaturated/α-hetero) is 1. The summed E-state index contributed by atoms with van der Waals surface area (Å²) in [7, 11) is 0. The van der Waals surface area contributed by atoms with Crippen molar-refractivity contribution in [3.8, 4) is 0 Å². The molecule has 0 aliphatic carbocycles. The molecule has 0 spiro atoms. The van der Waals surface area contributed by atoms with Crippen LogP contribution in [0.3, 0.4) is 0 Å². The number of ether oxygens (including phenoxy) is 1. The third-order valence-corrected chi connectivity index (χ3v) is 3.99. The van der Waals surface area contributed by atoms with E-state index in [1.165, 1.54) is 6.39 Å². The molecule has 4 rings (SSSR count). The topological polar surface area (TPSA) is 69.4 Å². The molecule has 1 heterocycles. The van der Waals surface area contributed by atoms with Crippen LogP contribution in [0.2, 0.25) is 0 Å². The van der Waals surface area contributed by atoms with Crippen LogP contribution in [0.4, 0.5) is 0 Å². The summed E-state index contributed by atoms with van der Waals surface area (Å²) in [5, 5.41) is 2.01. The van der Waals surface area contributed by atoms with Gasteiger partial charge in [-0.1, -0.05) is 42.5 Å². The Morgan fingerprint density at radius 3 is 2.68 bits per heavy atom. The molecule has 5 heteroatoms. The Kier molecular flexibility index (Phi) is 3.74. The molecule has 25 heavy (non-hydrogen) atoms. The van der Waals surface area contributed by atoms with E-state index >= 15 is 0 Å². The van der Waals surface area contributed by atoms with Gasteiger partial charge in [-0.25, -0.2) is 9.78 Å². The Hall–Kier alpha value is -3.47. The van der Waals surface area contributed by atoms with Gasteiger partial charge in [0, 0.05) is 5.56 Å². The Morgan fingerprint density at radius 2 is 1.80 bits per heavy atom. The molecular formula is C20H13NO4. The predicted octanol–water partition coefficient (Wildman–Crippen LogP) is 4.02. The van der Waals surface area contributed by atoms with Gasteiger partial charge < -0.3 is 9.15 Å². The number of esters is 1. The summed E-state index contributed by atoms with van der Waals surface area (Å²) >= 11 is 0. The van der Waals surface area contributed by atoms with Crippen molar-refractivity contribution in [3.63, 3.8) is 0 Å². The van der Waals surface area contributed by atoms with Crippen molar-refractivity contribution >= 4 is 33.6 Å². The number of hydrogen-bond donors (Lipinski definition) is 0. The van der Waals surface area contributed by atoms with Gasteiger partial charge in [0.25, 0.3) is 0 Å². The molecule has 0 unspecified atom stereocenters. The first-order valence-corrected chi connectivity index (χ1v) is 7.74. The SMILES string of the molecule is O=C(COC(=O)c1cccc2ocnc12)c1ccc2ccccc2c1. The van der Waals surface area contributed by atoms with Crippen LogP contribution >= 0.6 is 0 Å². The van der Waals surface area contributed by atoms with E-state index < -0.39 is 5.97 Å². The molecule has 0 saturated carbocycles. The number of para-hydroxylation sites is 1. The second kappa shape index (κ2) is 6.20. The number of carbonyl (C=O) groups is 2. The van der Waals surface area contributed by atoms with Crippen molar-refractivity contribution in [2.24, 2.45) is 0 Å². The molecule has 0 fully saturated rings. The van der Waals surface area contributed by atoms with E-state index in [-0.39, 0.29) is 18.0 Å². The molecule has 5 nitrogen and oxygen atoms in total. The number of oxazole rings is 1. The smallest absolute Gasteiger partial charge is 0.340 e. The van der Waals surface area contributed by atoms with Crippen molar-refractivity contribution in [1.82, 2.24) is 4.98 Å². The zero-order valence-electron chi connectivity index (χ0n) is 13.1. The number of ketones is 1. The second-order valence-corrected chi connectivity index (χ2v) is 5.57. The molecule has 1 aromatic heterocycles. The first kappa shape index (κ1) is 15.1. The lowest BCUT2D eigenvalue weighted by atomic mass is 10.0. The van der Waals surface area contributed by atoms with Gasteiger partial charge in [-0.15, -0.1) is 0 Å². The third kappa shape index (κ3) is 2.87. The van der Waals surface area contributed by atoms with Crippen LogP contribution < -0.4 is 0 Å². The number of benzene rings is 3. The first-order chi connectivity index (χ1) is 12.2. The normalized spacial score (nSPS) is 10.9. The quantitative estimate of drug-likeness (QED) is 0.417. The molecule has 0 amide bonds. The molecule has 0 aliphatic heterocycles. The maximum atomic E-state index is 12.3. The van der Waals surface area contributed by atoms with Crippen molar-refractivity contribution in [2.75, 3.05) is 6.61 Å². The van der Waals surface area contributed by atoms with E-state index in [0.717, 1.165) is 10.8 Å². The largest absolute Gasteiger partial charge is 0.454 e. The van der Waals surface area contributed by atoms with Crippen molar-refractivity contribution < 1.29 is 18.7 Å². The number of nitrogens with zero attached hydrogens (tertiary/aromatic N) is 1. The average Bonchev–Trinajstić information content (AvgIpc) is 3.14. The Bertz CT molecular complexity index is 1100. The number of aromatic nitrogens is 1. The number of hydrogen-bond acceptors (Lipinski definition) is 5. The van der Waals surface area contributed by atoms with E-state index in [1.54, 1.807) is 30.3 Å². The van der Waals surface area contributed by atoms with Crippen LogP contribution in [0.1, 0.15) is 20.7 Å². The maximum Gasteiger partial charge on any atom is 0.340 e. The zero-order valence-corrected chi connectivity index (χ0v) is 13.1. The fourth-order valence-electron chi connectivity index (χ4n) is 2.71. The highest BCUT2D eigenvalue weighted by atomic mass is 16.5. The lowest BCUT2D eigenvalue weighted by molar-refractivity contribution is 0.0476. The molecule has 122 valence electrons. The van der Waals surface area contributed by atoms with Crippen LogP contribution in [-0.4, -0.2) is 23.3 Å². The van der Waals surface area contributed by atoms with Gasteiger partial charge in [-0.05, 0) is 29.0 Å². The fourth-order valence-corrected chi connectivity index (χ4v) is 2.71. The van der Waals surface area contributed by atoms with E-state index in [4.69, 9.17) is 9.15 Å². The summed E-state index contributed by atoms with van der Waals surface area (Å²) in [4.78, 5) is 28.6. The van der Waals surface area contributed by atoms with Crippen LogP contribution in [0.25, 0.3) is 21.9 Å². The summed E-state index contributed by atoms with van der Waals surface area (Å²) in [5.41, 5.74) is 1.70. The van der Waals surface area contributed by atoms with E-state index in [9.17, 15) is 9.59 Å². The maximum absolute atomic E-state index is 12.3. The van der Waals surface area contributed by atoms with Crippen molar-refractivity contribution in [3.05, 3.63) is 78.2 Å². The highest BCUT2D eigenvalue weighted by Gasteiger charge is 2.16. The summed E-state index contributed by atoms with van der Waals surface area (Å²) in [6.07, 6.45) is 1.27. The number of fused-ring (bicyclic) bond motifs is 2. The summed E-state index contributed by atoms with van der Waals surface area (Å²) in [6, 6.07) is 18.1. The molecule has 0 aliphatic rings. The van der Waals surface area contributed by atoms with E-state index in [1.807, 2.05) is 30.3 Å². The average molecular weight is 331 g/mol. The van der Waals surface area contributed by atoms with Crippen molar-refractivity contribution in [2.45, 2.75) is 0 Å². The van der Waals surface area contributed by atoms with Crippen LogP contribution in [-0.2, 0) is 4.74 Å². The molecule has 0 bridgehead atoms. The van der Waals surface area contributed by atoms with Gasteiger partial charge in [-0.3, -0.25) is 4.79 Å². The van der Waals surface area contributed by atoms with Gasteiger partial charge in [0.15, 0.2) is 24.4 Å². The van der Waals surface area contributed by atoms with Gasteiger partial charge in [0.05, 0.1) is 5.56 Å². The zero-order chi connectivity index (χ0) is 17.2. The third-order valence-electron chi connectivity index (χ3n) is 3.99. The highest BCUT2D eigenvalue weighted by Crippen LogP contribution is 2.19. The number of carbonyl (C=O) groups excluding carboxylic acids is 2. The lowest BCUT2D eigenvalue weighted by Crippen LogP contribution is -2.14. The second-order valence-electron chi connectivity index (χ2n) is 5.57. The fraction of sp³-hybridized carbons (Fsp3) is 0.0500. The lowest BCUT2D eigenvalue weighted by Gasteiger charge is -2.06. The molecule has 0 N–H and O–H groups in total. The first-order valence-electron chi connectivity index (χ1n) is 7.74. The Morgan fingerprint density at radius 1 is 0.960 bits per heavy atom. The molecule has 3 aromatic carbocycles. The van der Waals surface area contributed by atoms with Gasteiger partial charge in [0.1, 0.15) is 5.52 Å². The van der Waals surface area contributed by atoms with Crippen LogP contribution in [0.15, 0.2) is 71.5 Å². The minimum Gasteiger partial charge on any atom is -0.454 e. The summed E-state index contributed by atoms with van der Waals surface area (Å²) in [6.45, 7) is -0.328. The van der Waals surface area contributed by atoms with Crippen LogP contribution in [0.5, 0.6) is 0 Å².